The van der Waals surface area contributed by atoms with Crippen molar-refractivity contribution in [2.24, 2.45) is 5.41 Å². The number of methoxy groups -OCH3 is 1. The van der Waals surface area contributed by atoms with E-state index in [-0.39, 0.29) is 16.8 Å². The third kappa shape index (κ3) is 5.01. The quantitative estimate of drug-likeness (QED) is 0.557. The van der Waals surface area contributed by atoms with Crippen molar-refractivity contribution >= 4 is 11.3 Å². The number of halogens is 1. The van der Waals surface area contributed by atoms with E-state index in [9.17, 15) is 4.39 Å². The molecule has 1 aliphatic heterocycles. The zero-order chi connectivity index (χ0) is 20.2. The molecule has 3 nitrogen and oxygen atoms in total. The Bertz CT molecular complexity index is 784. The molecule has 0 amide bonds. The summed E-state index contributed by atoms with van der Waals surface area (Å²) in [4.78, 5) is 1.25. The monoisotopic (exact) mass is 417 g/mol. The van der Waals surface area contributed by atoms with E-state index >= 15 is 0 Å². The average Bonchev–Trinajstić information content (AvgIpc) is 3.36. The molecular formula is C24H32FNO2S. The zero-order valence-corrected chi connectivity index (χ0v) is 18.2. The summed E-state index contributed by atoms with van der Waals surface area (Å²) in [5.74, 6) is 0.813. The van der Waals surface area contributed by atoms with Crippen LogP contribution in [0.15, 0.2) is 35.7 Å². The highest BCUT2D eigenvalue weighted by Crippen LogP contribution is 2.50. The van der Waals surface area contributed by atoms with E-state index in [2.05, 4.69) is 10.7 Å². The minimum Gasteiger partial charge on any atom is -0.496 e. The van der Waals surface area contributed by atoms with Gasteiger partial charge >= 0.3 is 0 Å². The van der Waals surface area contributed by atoms with Crippen LogP contribution in [-0.4, -0.2) is 25.9 Å². The molecule has 1 aromatic heterocycles. The number of hydrogen-bond donors (Lipinski definition) is 1. The van der Waals surface area contributed by atoms with Crippen LogP contribution in [0.1, 0.15) is 55.4 Å². The minimum atomic E-state index is -0.159. The lowest BCUT2D eigenvalue weighted by atomic mass is 9.67. The SMILES string of the molecule is COc1ccsc1CNCCC1(Cc2ccc(F)cc2)CCOC2(CCCC2)C1. The molecule has 2 aromatic rings. The summed E-state index contributed by atoms with van der Waals surface area (Å²) in [7, 11) is 1.73. The Labute approximate surface area is 177 Å². The molecular weight excluding hydrogens is 385 g/mol. The van der Waals surface area contributed by atoms with Crippen LogP contribution in [0.25, 0.3) is 0 Å². The van der Waals surface area contributed by atoms with Crippen molar-refractivity contribution in [2.75, 3.05) is 20.3 Å². The maximum atomic E-state index is 13.4. The van der Waals surface area contributed by atoms with E-state index in [1.807, 2.05) is 18.2 Å². The van der Waals surface area contributed by atoms with E-state index in [0.29, 0.717) is 0 Å². The summed E-state index contributed by atoms with van der Waals surface area (Å²) in [5.41, 5.74) is 1.53. The second kappa shape index (κ2) is 9.15. The van der Waals surface area contributed by atoms with Gasteiger partial charge in [0, 0.05) is 13.2 Å². The molecule has 0 bridgehead atoms. The Balaban J connectivity index is 1.43. The van der Waals surface area contributed by atoms with Crippen molar-refractivity contribution in [2.45, 2.75) is 63.5 Å². The maximum Gasteiger partial charge on any atom is 0.134 e. The summed E-state index contributed by atoms with van der Waals surface area (Å²) in [6.07, 6.45) is 9.27. The molecule has 29 heavy (non-hydrogen) atoms. The molecule has 2 heterocycles. The molecule has 1 aromatic carbocycles. The molecule has 1 N–H and O–H groups in total. The van der Waals surface area contributed by atoms with Crippen LogP contribution in [-0.2, 0) is 17.7 Å². The van der Waals surface area contributed by atoms with Gasteiger partial charge in [-0.15, -0.1) is 11.3 Å². The first-order valence-corrected chi connectivity index (χ1v) is 11.7. The van der Waals surface area contributed by atoms with Crippen LogP contribution in [0, 0.1) is 11.2 Å². The van der Waals surface area contributed by atoms with Crippen molar-refractivity contribution in [1.82, 2.24) is 5.32 Å². The largest absolute Gasteiger partial charge is 0.496 e. The Morgan fingerprint density at radius 3 is 2.69 bits per heavy atom. The topological polar surface area (TPSA) is 30.5 Å². The van der Waals surface area contributed by atoms with E-state index < -0.39 is 0 Å². The van der Waals surface area contributed by atoms with Crippen molar-refractivity contribution in [3.63, 3.8) is 0 Å². The normalized spacial score (nSPS) is 23.5. The van der Waals surface area contributed by atoms with Gasteiger partial charge in [0.15, 0.2) is 0 Å². The molecule has 4 rings (SSSR count). The number of ether oxygens (including phenoxy) is 2. The summed E-state index contributed by atoms with van der Waals surface area (Å²) in [6.45, 7) is 2.66. The van der Waals surface area contributed by atoms with Crippen LogP contribution < -0.4 is 10.1 Å². The molecule has 1 saturated heterocycles. The van der Waals surface area contributed by atoms with Gasteiger partial charge in [-0.25, -0.2) is 4.39 Å². The highest BCUT2D eigenvalue weighted by molar-refractivity contribution is 7.10. The number of hydrogen-bond acceptors (Lipinski definition) is 4. The van der Waals surface area contributed by atoms with E-state index in [4.69, 9.17) is 9.47 Å². The molecule has 1 atom stereocenters. The van der Waals surface area contributed by atoms with Gasteiger partial charge in [-0.3, -0.25) is 0 Å². The van der Waals surface area contributed by atoms with Crippen LogP contribution in [0.2, 0.25) is 0 Å². The van der Waals surface area contributed by atoms with Crippen molar-refractivity contribution in [3.8, 4) is 5.75 Å². The standard InChI is InChI=1S/C24H32FNO2S/c1-27-21-8-15-29-22(21)17-26-13-11-23(16-19-4-6-20(25)7-5-19)12-14-28-24(18-23)9-2-3-10-24/h4-8,15,26H,2-3,9-14,16-18H2,1H3. The molecule has 1 aliphatic carbocycles. The zero-order valence-electron chi connectivity index (χ0n) is 17.3. The third-order valence-corrected chi connectivity index (χ3v) is 7.69. The first kappa shape index (κ1) is 20.8. The van der Waals surface area contributed by atoms with Crippen LogP contribution in [0.5, 0.6) is 5.75 Å². The highest BCUT2D eigenvalue weighted by Gasteiger charge is 2.46. The molecule has 1 saturated carbocycles. The fourth-order valence-corrected chi connectivity index (χ4v) is 6.14. The van der Waals surface area contributed by atoms with Crippen molar-refractivity contribution < 1.29 is 13.9 Å². The Morgan fingerprint density at radius 2 is 1.93 bits per heavy atom. The van der Waals surface area contributed by atoms with Crippen LogP contribution in [0.4, 0.5) is 4.39 Å². The second-order valence-electron chi connectivity index (χ2n) is 8.81. The molecule has 158 valence electrons. The highest BCUT2D eigenvalue weighted by atomic mass is 32.1. The number of benzene rings is 1. The second-order valence-corrected chi connectivity index (χ2v) is 9.81. The predicted molar refractivity (Wildman–Crippen MR) is 116 cm³/mol. The molecule has 0 radical (unpaired) electrons. The Kier molecular flexibility index (Phi) is 6.57. The van der Waals surface area contributed by atoms with Gasteiger partial charge in [0.25, 0.3) is 0 Å². The average molecular weight is 418 g/mol. The van der Waals surface area contributed by atoms with Crippen LogP contribution in [0.3, 0.4) is 0 Å². The van der Waals surface area contributed by atoms with Gasteiger partial charge in [0.1, 0.15) is 11.6 Å². The lowest BCUT2D eigenvalue weighted by Crippen LogP contribution is -2.45. The van der Waals surface area contributed by atoms with Gasteiger partial charge in [0.2, 0.25) is 0 Å². The fourth-order valence-electron chi connectivity index (χ4n) is 5.33. The molecule has 2 fully saturated rings. The first-order chi connectivity index (χ1) is 14.1. The van der Waals surface area contributed by atoms with Crippen molar-refractivity contribution in [1.29, 1.82) is 0 Å². The Hall–Kier alpha value is -1.43. The van der Waals surface area contributed by atoms with Gasteiger partial charge in [0.05, 0.1) is 17.6 Å². The third-order valence-electron chi connectivity index (χ3n) is 6.79. The number of nitrogens with one attached hydrogen (secondary N) is 1. The minimum absolute atomic E-state index is 0.0786. The first-order valence-electron chi connectivity index (χ1n) is 10.8. The van der Waals surface area contributed by atoms with E-state index in [0.717, 1.165) is 51.1 Å². The maximum absolute atomic E-state index is 13.4. The van der Waals surface area contributed by atoms with Crippen LogP contribution >= 0.6 is 11.3 Å². The summed E-state index contributed by atoms with van der Waals surface area (Å²) in [6, 6.07) is 9.12. The van der Waals surface area contributed by atoms with E-state index in [1.165, 1.54) is 36.1 Å². The van der Waals surface area contributed by atoms with Gasteiger partial charge in [-0.05, 0) is 79.6 Å². The lowest BCUT2D eigenvalue weighted by molar-refractivity contribution is -0.124. The lowest BCUT2D eigenvalue weighted by Gasteiger charge is -2.47. The van der Waals surface area contributed by atoms with Gasteiger partial charge in [-0.2, -0.15) is 0 Å². The smallest absolute Gasteiger partial charge is 0.134 e. The van der Waals surface area contributed by atoms with Gasteiger partial charge in [-0.1, -0.05) is 25.0 Å². The van der Waals surface area contributed by atoms with Crippen molar-refractivity contribution in [3.05, 3.63) is 52.0 Å². The summed E-state index contributed by atoms with van der Waals surface area (Å²) in [5, 5.41) is 5.72. The summed E-state index contributed by atoms with van der Waals surface area (Å²) < 4.78 is 25.2. The Morgan fingerprint density at radius 1 is 1.14 bits per heavy atom. The molecule has 1 unspecified atom stereocenters. The summed E-state index contributed by atoms with van der Waals surface area (Å²) >= 11 is 1.74. The fraction of sp³-hybridized carbons (Fsp3) is 0.583. The molecule has 5 heteroatoms. The van der Waals surface area contributed by atoms with E-state index in [1.54, 1.807) is 30.6 Å². The van der Waals surface area contributed by atoms with Gasteiger partial charge < -0.3 is 14.8 Å². The molecule has 1 spiro atoms. The number of rotatable bonds is 8. The number of thiophene rings is 1. The predicted octanol–water partition coefficient (Wildman–Crippen LogP) is 5.73. The molecule has 2 aliphatic rings.